The zero-order valence-corrected chi connectivity index (χ0v) is 11.0. The van der Waals surface area contributed by atoms with Crippen LogP contribution in [0, 0.1) is 5.82 Å². The van der Waals surface area contributed by atoms with Gasteiger partial charge in [-0.2, -0.15) is 0 Å². The molecule has 1 aromatic rings. The van der Waals surface area contributed by atoms with E-state index in [1.807, 2.05) is 0 Å². The van der Waals surface area contributed by atoms with E-state index in [1.54, 1.807) is 12.1 Å². The lowest BCUT2D eigenvalue weighted by Crippen LogP contribution is -2.46. The van der Waals surface area contributed by atoms with Gasteiger partial charge in [-0.1, -0.05) is 11.6 Å². The van der Waals surface area contributed by atoms with E-state index in [2.05, 4.69) is 24.1 Å². The molecule has 94 valence electrons. The van der Waals surface area contributed by atoms with Gasteiger partial charge in [0, 0.05) is 23.7 Å². The maximum Gasteiger partial charge on any atom is 0.146 e. The molecular formula is C13H18ClFN2. The van der Waals surface area contributed by atoms with Crippen LogP contribution in [-0.4, -0.2) is 25.2 Å². The van der Waals surface area contributed by atoms with E-state index in [4.69, 9.17) is 11.6 Å². The molecule has 1 heterocycles. The zero-order chi connectivity index (χ0) is 12.5. The Morgan fingerprint density at radius 2 is 2.18 bits per heavy atom. The van der Waals surface area contributed by atoms with E-state index in [1.165, 1.54) is 6.07 Å². The van der Waals surface area contributed by atoms with E-state index in [0.717, 1.165) is 26.1 Å². The Hall–Kier alpha value is -0.800. The topological polar surface area (TPSA) is 15.3 Å². The first-order chi connectivity index (χ1) is 7.98. The van der Waals surface area contributed by atoms with E-state index in [9.17, 15) is 4.39 Å². The number of anilines is 1. The Morgan fingerprint density at radius 3 is 2.94 bits per heavy atom. The summed E-state index contributed by atoms with van der Waals surface area (Å²) in [4.78, 5) is 2.07. The van der Waals surface area contributed by atoms with Crippen LogP contribution in [0.25, 0.3) is 0 Å². The second kappa shape index (κ2) is 4.83. The summed E-state index contributed by atoms with van der Waals surface area (Å²) in [5.41, 5.74) is 0.597. The van der Waals surface area contributed by atoms with E-state index in [0.29, 0.717) is 10.7 Å². The van der Waals surface area contributed by atoms with Gasteiger partial charge in [0.15, 0.2) is 0 Å². The summed E-state index contributed by atoms with van der Waals surface area (Å²) in [6.07, 6.45) is 1.01. The molecule has 0 aromatic heterocycles. The maximum atomic E-state index is 13.8. The van der Waals surface area contributed by atoms with Crippen molar-refractivity contribution in [1.82, 2.24) is 5.32 Å². The first-order valence-electron chi connectivity index (χ1n) is 5.93. The number of benzene rings is 1. The Balaban J connectivity index is 2.28. The molecule has 1 fully saturated rings. The van der Waals surface area contributed by atoms with Gasteiger partial charge in [-0.15, -0.1) is 0 Å². The van der Waals surface area contributed by atoms with Crippen molar-refractivity contribution in [2.75, 3.05) is 24.5 Å². The van der Waals surface area contributed by atoms with Crippen LogP contribution >= 0.6 is 11.6 Å². The summed E-state index contributed by atoms with van der Waals surface area (Å²) in [6, 6.07) is 4.73. The third-order valence-corrected chi connectivity index (χ3v) is 3.28. The minimum atomic E-state index is -0.202. The summed E-state index contributed by atoms with van der Waals surface area (Å²) in [5, 5.41) is 4.04. The molecule has 0 saturated carbocycles. The standard InChI is InChI=1S/C13H18ClFN2/c1-13(2)9-17(7-3-6-16-13)12-8-10(14)4-5-11(12)15/h4-5,8,16H,3,6-7,9H2,1-2H3. The van der Waals surface area contributed by atoms with E-state index < -0.39 is 0 Å². The molecule has 2 rings (SSSR count). The summed E-state index contributed by atoms with van der Waals surface area (Å²) in [6.45, 7) is 6.87. The van der Waals surface area contributed by atoms with Crippen LogP contribution in [0.1, 0.15) is 20.3 Å². The molecule has 1 aliphatic rings. The molecule has 1 aliphatic heterocycles. The van der Waals surface area contributed by atoms with Crippen LogP contribution < -0.4 is 10.2 Å². The molecule has 1 saturated heterocycles. The molecule has 0 unspecified atom stereocenters. The SMILES string of the molecule is CC1(C)CN(c2cc(Cl)ccc2F)CCCN1. The van der Waals surface area contributed by atoms with Gasteiger partial charge in [-0.25, -0.2) is 4.39 Å². The van der Waals surface area contributed by atoms with Crippen LogP contribution in [0.5, 0.6) is 0 Å². The fourth-order valence-corrected chi connectivity index (χ4v) is 2.41. The highest BCUT2D eigenvalue weighted by Crippen LogP contribution is 2.26. The molecule has 0 bridgehead atoms. The number of nitrogens with zero attached hydrogens (tertiary/aromatic N) is 1. The largest absolute Gasteiger partial charge is 0.367 e. The monoisotopic (exact) mass is 256 g/mol. The number of nitrogens with one attached hydrogen (secondary N) is 1. The van der Waals surface area contributed by atoms with Crippen molar-refractivity contribution in [2.45, 2.75) is 25.8 Å². The number of hydrogen-bond acceptors (Lipinski definition) is 2. The number of halogens is 2. The van der Waals surface area contributed by atoms with Gasteiger partial charge in [0.1, 0.15) is 5.82 Å². The van der Waals surface area contributed by atoms with Gasteiger partial charge in [0.05, 0.1) is 5.69 Å². The zero-order valence-electron chi connectivity index (χ0n) is 10.3. The minimum Gasteiger partial charge on any atom is -0.367 e. The molecule has 0 spiro atoms. The highest BCUT2D eigenvalue weighted by molar-refractivity contribution is 6.30. The van der Waals surface area contributed by atoms with Crippen molar-refractivity contribution in [1.29, 1.82) is 0 Å². The Bertz CT molecular complexity index is 406. The lowest BCUT2D eigenvalue weighted by atomic mass is 10.1. The molecule has 2 nitrogen and oxygen atoms in total. The smallest absolute Gasteiger partial charge is 0.146 e. The fraction of sp³-hybridized carbons (Fsp3) is 0.538. The minimum absolute atomic E-state index is 0.00867. The molecule has 1 N–H and O–H groups in total. The molecule has 17 heavy (non-hydrogen) atoms. The highest BCUT2D eigenvalue weighted by Gasteiger charge is 2.25. The number of rotatable bonds is 1. The van der Waals surface area contributed by atoms with E-state index in [-0.39, 0.29) is 11.4 Å². The van der Waals surface area contributed by atoms with Crippen molar-refractivity contribution in [2.24, 2.45) is 0 Å². The second-order valence-corrected chi connectivity index (χ2v) is 5.62. The third kappa shape index (κ3) is 3.11. The lowest BCUT2D eigenvalue weighted by Gasteiger charge is -2.31. The van der Waals surface area contributed by atoms with Gasteiger partial charge in [-0.05, 0) is 45.0 Å². The van der Waals surface area contributed by atoms with Gasteiger partial charge in [0.2, 0.25) is 0 Å². The molecule has 0 amide bonds. The van der Waals surface area contributed by atoms with Gasteiger partial charge < -0.3 is 10.2 Å². The molecule has 0 aliphatic carbocycles. The van der Waals surface area contributed by atoms with Crippen molar-refractivity contribution in [3.63, 3.8) is 0 Å². The molecular weight excluding hydrogens is 239 g/mol. The normalized spacial score (nSPS) is 20.1. The Morgan fingerprint density at radius 1 is 1.41 bits per heavy atom. The summed E-state index contributed by atoms with van der Waals surface area (Å²) in [5.74, 6) is -0.202. The fourth-order valence-electron chi connectivity index (χ4n) is 2.24. The summed E-state index contributed by atoms with van der Waals surface area (Å²) < 4.78 is 13.8. The first kappa shape index (κ1) is 12.7. The van der Waals surface area contributed by atoms with Crippen LogP contribution in [0.15, 0.2) is 18.2 Å². The first-order valence-corrected chi connectivity index (χ1v) is 6.31. The van der Waals surface area contributed by atoms with Gasteiger partial charge >= 0.3 is 0 Å². The van der Waals surface area contributed by atoms with Gasteiger partial charge in [-0.3, -0.25) is 0 Å². The Kier molecular flexibility index (Phi) is 3.59. The molecule has 1 aromatic carbocycles. The second-order valence-electron chi connectivity index (χ2n) is 5.18. The maximum absolute atomic E-state index is 13.8. The van der Waals surface area contributed by atoms with Crippen LogP contribution in [0.4, 0.5) is 10.1 Å². The van der Waals surface area contributed by atoms with Crippen LogP contribution in [0.2, 0.25) is 5.02 Å². The quantitative estimate of drug-likeness (QED) is 0.831. The van der Waals surface area contributed by atoms with Crippen LogP contribution in [-0.2, 0) is 0 Å². The van der Waals surface area contributed by atoms with Crippen LogP contribution in [0.3, 0.4) is 0 Å². The van der Waals surface area contributed by atoms with Crippen molar-refractivity contribution in [3.05, 3.63) is 29.0 Å². The average Bonchev–Trinajstić information content (AvgIpc) is 2.43. The van der Waals surface area contributed by atoms with E-state index >= 15 is 0 Å². The summed E-state index contributed by atoms with van der Waals surface area (Å²) in [7, 11) is 0. The van der Waals surface area contributed by atoms with Crippen molar-refractivity contribution >= 4 is 17.3 Å². The lowest BCUT2D eigenvalue weighted by molar-refractivity contribution is 0.415. The van der Waals surface area contributed by atoms with Gasteiger partial charge in [0.25, 0.3) is 0 Å². The third-order valence-electron chi connectivity index (χ3n) is 3.04. The molecule has 4 heteroatoms. The Labute approximate surface area is 107 Å². The predicted molar refractivity (Wildman–Crippen MR) is 70.3 cm³/mol. The summed E-state index contributed by atoms with van der Waals surface area (Å²) >= 11 is 5.94. The van der Waals surface area contributed by atoms with Crippen molar-refractivity contribution in [3.8, 4) is 0 Å². The highest BCUT2D eigenvalue weighted by atomic mass is 35.5. The molecule has 0 atom stereocenters. The van der Waals surface area contributed by atoms with Crippen molar-refractivity contribution < 1.29 is 4.39 Å². The predicted octanol–water partition coefficient (Wildman–Crippen LogP) is 3.06. The average molecular weight is 257 g/mol. The number of hydrogen-bond donors (Lipinski definition) is 1. The molecule has 0 radical (unpaired) electrons.